The molecule has 0 aliphatic heterocycles. The topological polar surface area (TPSA) is 48.9 Å². The van der Waals surface area contributed by atoms with Gasteiger partial charge < -0.3 is 10.1 Å². The largest absolute Gasteiger partial charge is 0.390 e. The maximum absolute atomic E-state index is 9.59. The number of aliphatic hydroxyl groups is 1. The van der Waals surface area contributed by atoms with Gasteiger partial charge >= 0.3 is 0 Å². The summed E-state index contributed by atoms with van der Waals surface area (Å²) in [6.07, 6.45) is 0.759. The smallest absolute Gasteiger partial charge is 0.166 e. The summed E-state index contributed by atoms with van der Waals surface area (Å²) in [5.41, 5.74) is 1.46. The quantitative estimate of drug-likeness (QED) is 0.802. The molecule has 1 aromatic carbocycles. The van der Waals surface area contributed by atoms with Crippen molar-refractivity contribution in [3.63, 3.8) is 0 Å². The number of H-pyrrole nitrogens is 1. The molecule has 4 heteroatoms. The van der Waals surface area contributed by atoms with Crippen molar-refractivity contribution in [3.05, 3.63) is 24.3 Å². The van der Waals surface area contributed by atoms with Crippen LogP contribution in [0.5, 0.6) is 0 Å². The molecule has 0 amide bonds. The van der Waals surface area contributed by atoms with Crippen molar-refractivity contribution in [2.45, 2.75) is 31.0 Å². The zero-order valence-corrected chi connectivity index (χ0v) is 10.3. The molecular weight excluding hydrogens is 220 g/mol. The number of fused-ring (bicyclic) bond motifs is 1. The molecule has 16 heavy (non-hydrogen) atoms. The molecule has 0 aliphatic rings. The summed E-state index contributed by atoms with van der Waals surface area (Å²) in [6.45, 7) is 3.65. The van der Waals surface area contributed by atoms with Gasteiger partial charge in [0, 0.05) is 5.75 Å². The second kappa shape index (κ2) is 4.47. The summed E-state index contributed by atoms with van der Waals surface area (Å²) in [5, 5.41) is 10.5. The van der Waals surface area contributed by atoms with Crippen LogP contribution in [0.1, 0.15) is 20.3 Å². The fourth-order valence-electron chi connectivity index (χ4n) is 1.40. The monoisotopic (exact) mass is 236 g/mol. The Hall–Kier alpha value is -1.00. The van der Waals surface area contributed by atoms with Gasteiger partial charge in [-0.25, -0.2) is 4.98 Å². The molecule has 0 bridgehead atoms. The number of thioether (sulfide) groups is 1. The highest BCUT2D eigenvalue weighted by molar-refractivity contribution is 7.99. The molecule has 0 unspecified atom stereocenters. The first-order valence-corrected chi connectivity index (χ1v) is 6.33. The van der Waals surface area contributed by atoms with Crippen molar-refractivity contribution >= 4 is 22.8 Å². The molecule has 0 radical (unpaired) electrons. The standard InChI is InChI=1S/C12H16N2OS/c1-12(2,15)7-8-16-11-13-9-5-3-4-6-10(9)14-11/h3-6,15H,7-8H2,1-2H3,(H,13,14). The average molecular weight is 236 g/mol. The average Bonchev–Trinajstić information content (AvgIpc) is 2.57. The fraction of sp³-hybridized carbons (Fsp3) is 0.417. The molecule has 2 N–H and O–H groups in total. The second-order valence-corrected chi connectivity index (χ2v) is 5.55. The Labute approximate surface area is 99.3 Å². The van der Waals surface area contributed by atoms with Gasteiger partial charge in [0.2, 0.25) is 0 Å². The van der Waals surface area contributed by atoms with E-state index in [2.05, 4.69) is 9.97 Å². The zero-order chi connectivity index (χ0) is 11.6. The normalized spacial score (nSPS) is 12.2. The van der Waals surface area contributed by atoms with Crippen molar-refractivity contribution in [3.8, 4) is 0 Å². The molecule has 2 aromatic rings. The van der Waals surface area contributed by atoms with Crippen LogP contribution in [0.25, 0.3) is 11.0 Å². The van der Waals surface area contributed by atoms with E-state index in [1.165, 1.54) is 0 Å². The van der Waals surface area contributed by atoms with Crippen LogP contribution in [-0.4, -0.2) is 26.4 Å². The maximum atomic E-state index is 9.59. The van der Waals surface area contributed by atoms with Crippen LogP contribution in [0, 0.1) is 0 Å². The van der Waals surface area contributed by atoms with Crippen LogP contribution in [0.15, 0.2) is 29.4 Å². The maximum Gasteiger partial charge on any atom is 0.166 e. The van der Waals surface area contributed by atoms with Gasteiger partial charge in [-0.15, -0.1) is 0 Å². The molecule has 1 heterocycles. The first-order chi connectivity index (χ1) is 7.54. The SMILES string of the molecule is CC(C)(O)CCSc1nc2ccccc2[nH]1. The Kier molecular flexibility index (Phi) is 3.21. The lowest BCUT2D eigenvalue weighted by Crippen LogP contribution is -2.19. The molecular formula is C12H16N2OS. The minimum absolute atomic E-state index is 0.598. The predicted molar refractivity (Wildman–Crippen MR) is 67.7 cm³/mol. The van der Waals surface area contributed by atoms with Gasteiger partial charge in [0.15, 0.2) is 5.16 Å². The minimum Gasteiger partial charge on any atom is -0.390 e. The molecule has 1 aromatic heterocycles. The summed E-state index contributed by atoms with van der Waals surface area (Å²) >= 11 is 1.65. The predicted octanol–water partition coefficient (Wildman–Crippen LogP) is 2.82. The van der Waals surface area contributed by atoms with Crippen LogP contribution in [0.3, 0.4) is 0 Å². The van der Waals surface area contributed by atoms with Crippen molar-refractivity contribution < 1.29 is 5.11 Å². The number of para-hydroxylation sites is 2. The number of hydrogen-bond acceptors (Lipinski definition) is 3. The van der Waals surface area contributed by atoms with Gasteiger partial charge in [0.1, 0.15) is 0 Å². The van der Waals surface area contributed by atoms with Crippen LogP contribution in [-0.2, 0) is 0 Å². The summed E-state index contributed by atoms with van der Waals surface area (Å²) in [5.74, 6) is 0.864. The highest BCUT2D eigenvalue weighted by Gasteiger charge is 2.12. The highest BCUT2D eigenvalue weighted by Crippen LogP contribution is 2.21. The molecule has 3 nitrogen and oxygen atoms in total. The molecule has 0 atom stereocenters. The highest BCUT2D eigenvalue weighted by atomic mass is 32.2. The van der Waals surface area contributed by atoms with Crippen LogP contribution >= 0.6 is 11.8 Å². The molecule has 0 spiro atoms. The van der Waals surface area contributed by atoms with Gasteiger partial charge in [0.05, 0.1) is 16.6 Å². The number of aromatic amines is 1. The number of hydrogen-bond donors (Lipinski definition) is 2. The van der Waals surface area contributed by atoms with E-state index in [-0.39, 0.29) is 0 Å². The first-order valence-electron chi connectivity index (χ1n) is 5.34. The molecule has 86 valence electrons. The van der Waals surface area contributed by atoms with Crippen molar-refractivity contribution in [2.75, 3.05) is 5.75 Å². The van der Waals surface area contributed by atoms with E-state index in [0.717, 1.165) is 28.4 Å². The number of aromatic nitrogens is 2. The van der Waals surface area contributed by atoms with Crippen molar-refractivity contribution in [1.29, 1.82) is 0 Å². The van der Waals surface area contributed by atoms with Crippen molar-refractivity contribution in [1.82, 2.24) is 9.97 Å². The van der Waals surface area contributed by atoms with E-state index in [1.54, 1.807) is 11.8 Å². The first kappa shape index (κ1) is 11.5. The third kappa shape index (κ3) is 3.00. The lowest BCUT2D eigenvalue weighted by atomic mass is 10.1. The summed E-state index contributed by atoms with van der Waals surface area (Å²) < 4.78 is 0. The Balaban J connectivity index is 2.00. The Morgan fingerprint density at radius 1 is 1.38 bits per heavy atom. The summed E-state index contributed by atoms with van der Waals surface area (Å²) in [6, 6.07) is 7.98. The third-order valence-corrected chi connectivity index (χ3v) is 3.20. The van der Waals surface area contributed by atoms with Gasteiger partial charge in [-0.3, -0.25) is 0 Å². The van der Waals surface area contributed by atoms with Gasteiger partial charge in [-0.2, -0.15) is 0 Å². The van der Waals surface area contributed by atoms with E-state index in [9.17, 15) is 5.11 Å². The molecule has 0 saturated carbocycles. The van der Waals surface area contributed by atoms with E-state index in [4.69, 9.17) is 0 Å². The fourth-order valence-corrected chi connectivity index (χ4v) is 2.54. The van der Waals surface area contributed by atoms with E-state index in [1.807, 2.05) is 38.1 Å². The van der Waals surface area contributed by atoms with Crippen molar-refractivity contribution in [2.24, 2.45) is 0 Å². The minimum atomic E-state index is -0.598. The van der Waals surface area contributed by atoms with Crippen LogP contribution in [0.2, 0.25) is 0 Å². The number of nitrogens with zero attached hydrogens (tertiary/aromatic N) is 1. The number of benzene rings is 1. The summed E-state index contributed by atoms with van der Waals surface area (Å²) in [7, 11) is 0. The van der Waals surface area contributed by atoms with E-state index >= 15 is 0 Å². The summed E-state index contributed by atoms with van der Waals surface area (Å²) in [4.78, 5) is 7.71. The molecule has 0 fully saturated rings. The number of rotatable bonds is 4. The van der Waals surface area contributed by atoms with E-state index < -0.39 is 5.60 Å². The lowest BCUT2D eigenvalue weighted by Gasteiger charge is -2.15. The third-order valence-electron chi connectivity index (χ3n) is 2.32. The van der Waals surface area contributed by atoms with Gasteiger partial charge in [-0.05, 0) is 32.4 Å². The Morgan fingerprint density at radius 2 is 2.12 bits per heavy atom. The molecule has 0 saturated heterocycles. The molecule has 0 aliphatic carbocycles. The van der Waals surface area contributed by atoms with Gasteiger partial charge in [-0.1, -0.05) is 23.9 Å². The Morgan fingerprint density at radius 3 is 2.81 bits per heavy atom. The molecule has 2 rings (SSSR count). The second-order valence-electron chi connectivity index (χ2n) is 4.47. The zero-order valence-electron chi connectivity index (χ0n) is 9.53. The van der Waals surface area contributed by atoms with Crippen LogP contribution in [0.4, 0.5) is 0 Å². The van der Waals surface area contributed by atoms with E-state index in [0.29, 0.717) is 0 Å². The van der Waals surface area contributed by atoms with Crippen LogP contribution < -0.4 is 0 Å². The Bertz CT molecular complexity index is 440. The lowest BCUT2D eigenvalue weighted by molar-refractivity contribution is 0.0777. The number of nitrogens with one attached hydrogen (secondary N) is 1. The van der Waals surface area contributed by atoms with Gasteiger partial charge in [0.25, 0.3) is 0 Å². The number of imidazole rings is 1.